The number of nitrogens with one attached hydrogen (secondary N) is 1. The number of aromatic hydroxyl groups is 1. The van der Waals surface area contributed by atoms with Gasteiger partial charge in [-0.15, -0.1) is 0 Å². The molecule has 9 N–H and O–H groups in total. The smallest absolute Gasteiger partial charge is 0.373 e. The molecule has 15 heteroatoms. The Morgan fingerprint density at radius 3 is 2.38 bits per heavy atom. The lowest BCUT2D eigenvalue weighted by atomic mass is 9.99. The van der Waals surface area contributed by atoms with E-state index < -0.39 is 73.1 Å². The first kappa shape index (κ1) is 28.0. The summed E-state index contributed by atoms with van der Waals surface area (Å²) >= 11 is 0. The van der Waals surface area contributed by atoms with Gasteiger partial charge in [0.15, 0.2) is 17.7 Å². The second-order valence-corrected chi connectivity index (χ2v) is 9.22. The highest BCUT2D eigenvalue weighted by atomic mass is 16.7. The average molecular weight is 551 g/mol. The summed E-state index contributed by atoms with van der Waals surface area (Å²) in [5.74, 6) is -4.55. The fraction of sp³-hybridized carbons (Fsp3) is 0.417. The number of rotatable bonds is 7. The fourth-order valence-electron chi connectivity index (χ4n) is 4.58. The van der Waals surface area contributed by atoms with E-state index in [9.17, 15) is 55.2 Å². The van der Waals surface area contributed by atoms with Crippen molar-refractivity contribution in [3.05, 3.63) is 41.1 Å². The van der Waals surface area contributed by atoms with Crippen LogP contribution in [0, 0.1) is 0 Å². The Labute approximate surface area is 219 Å². The van der Waals surface area contributed by atoms with Gasteiger partial charge in [-0.3, -0.25) is 0 Å². The number of phenolic OH excluding ortho intramolecular Hbond substituents is 1. The largest absolute Gasteiger partial charge is 0.504 e. The molecule has 0 bridgehead atoms. The minimum atomic E-state index is -1.73. The normalized spacial score (nSPS) is 32.3. The first-order chi connectivity index (χ1) is 18.4. The van der Waals surface area contributed by atoms with E-state index in [4.69, 9.17) is 9.47 Å². The molecule has 39 heavy (non-hydrogen) atoms. The molecule has 0 radical (unpaired) electrons. The molecule has 0 aromatic heterocycles. The van der Waals surface area contributed by atoms with Gasteiger partial charge in [-0.1, -0.05) is 0 Å². The summed E-state index contributed by atoms with van der Waals surface area (Å²) in [7, 11) is 0. The fourth-order valence-corrected chi connectivity index (χ4v) is 4.58. The Hall–Kier alpha value is -4.02. The molecule has 3 heterocycles. The van der Waals surface area contributed by atoms with Gasteiger partial charge in [-0.05, 0) is 17.7 Å². The van der Waals surface area contributed by atoms with Crippen molar-refractivity contribution in [2.24, 2.45) is 0 Å². The van der Waals surface area contributed by atoms with Crippen molar-refractivity contribution in [3.8, 4) is 11.5 Å². The predicted molar refractivity (Wildman–Crippen MR) is 127 cm³/mol. The van der Waals surface area contributed by atoms with Crippen LogP contribution in [0.25, 0.3) is 0 Å². The van der Waals surface area contributed by atoms with Crippen LogP contribution in [-0.4, -0.2) is 119 Å². The van der Waals surface area contributed by atoms with Crippen LogP contribution in [0.3, 0.4) is 0 Å². The van der Waals surface area contributed by atoms with Crippen molar-refractivity contribution in [1.82, 2.24) is 5.32 Å². The van der Waals surface area contributed by atoms with Crippen molar-refractivity contribution in [1.29, 1.82) is 0 Å². The third-order valence-electron chi connectivity index (χ3n) is 6.64. The summed E-state index contributed by atoms with van der Waals surface area (Å²) in [5, 5.41) is 80.9. The van der Waals surface area contributed by atoms with Gasteiger partial charge in [-0.2, -0.15) is 4.58 Å². The number of aliphatic hydroxyl groups excluding tert-OH is 4. The molecule has 7 atom stereocenters. The number of benzene rings is 1. The molecule has 1 aromatic carbocycles. The van der Waals surface area contributed by atoms with Crippen molar-refractivity contribution < 1.29 is 69.3 Å². The van der Waals surface area contributed by atoms with Crippen LogP contribution < -0.4 is 10.1 Å². The van der Waals surface area contributed by atoms with Gasteiger partial charge in [0.05, 0.1) is 19.1 Å². The third-order valence-corrected chi connectivity index (χ3v) is 6.64. The van der Waals surface area contributed by atoms with Crippen molar-refractivity contribution in [2.45, 2.75) is 55.6 Å². The number of aliphatic carboxylic acids is 3. The molecule has 0 saturated carbocycles. The summed E-state index contributed by atoms with van der Waals surface area (Å²) in [4.78, 5) is 34.8. The van der Waals surface area contributed by atoms with Crippen LogP contribution in [-0.2, 0) is 25.5 Å². The zero-order chi connectivity index (χ0) is 28.6. The standard InChI is InChI=1S/C24H26N2O13/c27-8-17-18(29)19(30)20(31)24(39-17)38-16-6-10-5-14(23(36)37)26(13(10)7-15(16)28)2-1-9-3-11(21(32)33)25-12(4-9)22(34)35/h1-3,6-7,12,14,17-20,24,27,29-31H,4-5,8H2,(H4,28,32,33,34,35,36,37)/p+1/t12-,14-,17?,18+,19?,20?,24+/m0/s1. The number of ether oxygens (including phenoxy) is 2. The van der Waals surface area contributed by atoms with Crippen molar-refractivity contribution >= 4 is 29.8 Å². The number of fused-ring (bicyclic) bond motifs is 1. The molecular formula is C24H27N2O13+. The molecule has 0 spiro atoms. The summed E-state index contributed by atoms with van der Waals surface area (Å²) in [6.45, 7) is -0.687. The number of hydrogen-bond acceptors (Lipinski definition) is 11. The predicted octanol–water partition coefficient (Wildman–Crippen LogP) is -2.36. The van der Waals surface area contributed by atoms with E-state index in [1.807, 2.05) is 0 Å². The SMILES string of the molecule is O=C(O)C1=C/C(=C/C=[N+]2c3cc(O)c(O[C@@H]4OC(CO)[C@@H](O)C(O)C4O)cc3C[C@H]2C(=O)O)C[C@@H](C(=O)O)N1. The lowest BCUT2D eigenvalue weighted by Crippen LogP contribution is -2.60. The number of carboxylic acids is 3. The monoisotopic (exact) mass is 551 g/mol. The first-order valence-electron chi connectivity index (χ1n) is 11.7. The maximum atomic E-state index is 12.0. The Kier molecular flexibility index (Phi) is 7.89. The molecule has 0 amide bonds. The van der Waals surface area contributed by atoms with E-state index in [1.54, 1.807) is 0 Å². The van der Waals surface area contributed by atoms with E-state index in [0.717, 1.165) is 0 Å². The van der Waals surface area contributed by atoms with Gasteiger partial charge in [0.2, 0.25) is 12.0 Å². The number of carbonyl (C=O) groups is 3. The topological polar surface area (TPSA) is 247 Å². The van der Waals surface area contributed by atoms with Crippen LogP contribution in [0.5, 0.6) is 11.5 Å². The van der Waals surface area contributed by atoms with Crippen LogP contribution in [0.1, 0.15) is 12.0 Å². The van der Waals surface area contributed by atoms with E-state index in [2.05, 4.69) is 5.32 Å². The molecule has 210 valence electrons. The number of hydrogen-bond donors (Lipinski definition) is 9. The maximum Gasteiger partial charge on any atom is 0.373 e. The summed E-state index contributed by atoms with van der Waals surface area (Å²) in [5.41, 5.74) is 0.648. The quantitative estimate of drug-likeness (QED) is 0.161. The molecule has 3 unspecified atom stereocenters. The molecule has 0 aliphatic carbocycles. The number of nitrogens with zero attached hydrogens (tertiary/aromatic N) is 1. The second-order valence-electron chi connectivity index (χ2n) is 9.22. The molecule has 3 aliphatic heterocycles. The van der Waals surface area contributed by atoms with Gasteiger partial charge >= 0.3 is 17.9 Å². The zero-order valence-corrected chi connectivity index (χ0v) is 20.1. The van der Waals surface area contributed by atoms with E-state index in [0.29, 0.717) is 11.1 Å². The number of aliphatic hydroxyl groups is 4. The lowest BCUT2D eigenvalue weighted by molar-refractivity contribution is -0.456. The highest BCUT2D eigenvalue weighted by Crippen LogP contribution is 2.40. The Balaban J connectivity index is 1.66. The van der Waals surface area contributed by atoms with Gasteiger partial charge in [0.1, 0.15) is 36.2 Å². The summed E-state index contributed by atoms with van der Waals surface area (Å²) in [6.07, 6.45) is -4.03. The average Bonchev–Trinajstić information content (AvgIpc) is 3.24. The van der Waals surface area contributed by atoms with E-state index >= 15 is 0 Å². The zero-order valence-electron chi connectivity index (χ0n) is 20.1. The highest BCUT2D eigenvalue weighted by Gasteiger charge is 2.46. The molecule has 3 aliphatic rings. The molecular weight excluding hydrogens is 524 g/mol. The molecule has 4 rings (SSSR count). The van der Waals surface area contributed by atoms with E-state index in [-0.39, 0.29) is 30.0 Å². The molecule has 15 nitrogen and oxygen atoms in total. The molecule has 1 saturated heterocycles. The maximum absolute atomic E-state index is 12.0. The van der Waals surface area contributed by atoms with Crippen LogP contribution in [0.4, 0.5) is 5.69 Å². The van der Waals surface area contributed by atoms with E-state index in [1.165, 1.54) is 35.1 Å². The highest BCUT2D eigenvalue weighted by molar-refractivity contribution is 5.89. The summed E-state index contributed by atoms with van der Waals surface area (Å²) < 4.78 is 12.1. The van der Waals surface area contributed by atoms with Crippen molar-refractivity contribution in [2.75, 3.05) is 6.61 Å². The summed E-state index contributed by atoms with van der Waals surface area (Å²) in [6, 6.07) is 0.177. The Morgan fingerprint density at radius 2 is 1.77 bits per heavy atom. The minimum Gasteiger partial charge on any atom is -0.504 e. The minimum absolute atomic E-state index is 0.0504. The van der Waals surface area contributed by atoms with Gasteiger partial charge in [0, 0.05) is 18.1 Å². The number of phenols is 1. The third kappa shape index (κ3) is 5.57. The van der Waals surface area contributed by atoms with Crippen LogP contribution in [0.2, 0.25) is 0 Å². The van der Waals surface area contributed by atoms with Crippen LogP contribution >= 0.6 is 0 Å². The molecule has 1 aromatic rings. The molecule has 1 fully saturated rings. The lowest BCUT2D eigenvalue weighted by Gasteiger charge is -2.39. The van der Waals surface area contributed by atoms with Crippen molar-refractivity contribution in [3.63, 3.8) is 0 Å². The second kappa shape index (κ2) is 11.0. The van der Waals surface area contributed by atoms with Crippen LogP contribution in [0.15, 0.2) is 35.6 Å². The van der Waals surface area contributed by atoms with Gasteiger partial charge in [0.25, 0.3) is 6.04 Å². The first-order valence-corrected chi connectivity index (χ1v) is 11.7. The Morgan fingerprint density at radius 1 is 1.05 bits per heavy atom. The number of allylic oxidation sites excluding steroid dienone is 2. The number of carboxylic acid groups (broad SMARTS) is 3. The van der Waals surface area contributed by atoms with Gasteiger partial charge in [-0.25, -0.2) is 14.4 Å². The Bertz CT molecular complexity index is 1270. The van der Waals surface area contributed by atoms with Gasteiger partial charge < -0.3 is 55.6 Å².